The molecular formula is C17H25ClN2O3S2. The average molecular weight is 405 g/mol. The van der Waals surface area contributed by atoms with Gasteiger partial charge in [-0.25, -0.2) is 8.42 Å². The molecule has 1 fully saturated rings. The summed E-state index contributed by atoms with van der Waals surface area (Å²) in [4.78, 5) is 12.4. The third-order valence-corrected chi connectivity index (χ3v) is 7.07. The lowest BCUT2D eigenvalue weighted by Crippen LogP contribution is -2.48. The normalized spacial score (nSPS) is 16.6. The topological polar surface area (TPSA) is 66.5 Å². The molecule has 1 amide bonds. The number of halogens is 1. The van der Waals surface area contributed by atoms with E-state index in [1.165, 1.54) is 25.7 Å². The number of nitrogens with zero attached hydrogens (tertiary/aromatic N) is 1. The van der Waals surface area contributed by atoms with E-state index in [1.54, 1.807) is 31.2 Å². The Kier molecular flexibility index (Phi) is 7.46. The predicted molar refractivity (Wildman–Crippen MR) is 106 cm³/mol. The van der Waals surface area contributed by atoms with Gasteiger partial charge in [0.05, 0.1) is 11.9 Å². The van der Waals surface area contributed by atoms with Crippen molar-refractivity contribution in [1.82, 2.24) is 5.32 Å². The van der Waals surface area contributed by atoms with Crippen molar-refractivity contribution in [1.29, 1.82) is 0 Å². The van der Waals surface area contributed by atoms with Crippen LogP contribution in [-0.2, 0) is 14.8 Å². The molecule has 1 atom stereocenters. The van der Waals surface area contributed by atoms with Gasteiger partial charge < -0.3 is 5.32 Å². The van der Waals surface area contributed by atoms with Crippen molar-refractivity contribution in [2.45, 2.75) is 43.9 Å². The maximum Gasteiger partial charge on any atom is 0.243 e. The Hall–Kier alpha value is -0.920. The summed E-state index contributed by atoms with van der Waals surface area (Å²) < 4.78 is 25.5. The lowest BCUT2D eigenvalue weighted by molar-refractivity contribution is -0.121. The van der Waals surface area contributed by atoms with Crippen molar-refractivity contribution < 1.29 is 13.2 Å². The van der Waals surface area contributed by atoms with Gasteiger partial charge in [0.2, 0.25) is 15.9 Å². The first-order chi connectivity index (χ1) is 11.8. The number of nitrogens with one attached hydrogen (secondary N) is 1. The fraction of sp³-hybridized carbons (Fsp3) is 0.588. The lowest BCUT2D eigenvalue weighted by Gasteiger charge is -2.28. The zero-order chi connectivity index (χ0) is 18.4. The highest BCUT2D eigenvalue weighted by Crippen LogP contribution is 2.29. The van der Waals surface area contributed by atoms with Crippen LogP contribution >= 0.6 is 23.4 Å². The summed E-state index contributed by atoms with van der Waals surface area (Å²) >= 11 is 7.85. The van der Waals surface area contributed by atoms with Crippen LogP contribution in [-0.4, -0.2) is 44.2 Å². The van der Waals surface area contributed by atoms with Crippen molar-refractivity contribution in [3.8, 4) is 0 Å². The molecule has 140 valence electrons. The van der Waals surface area contributed by atoms with Gasteiger partial charge in [-0.15, -0.1) is 0 Å². The molecule has 0 heterocycles. The highest BCUT2D eigenvalue weighted by Gasteiger charge is 2.29. The molecule has 1 aromatic rings. The Morgan fingerprint density at radius 3 is 2.68 bits per heavy atom. The summed E-state index contributed by atoms with van der Waals surface area (Å²) in [6, 6.07) is 5.66. The van der Waals surface area contributed by atoms with Crippen LogP contribution in [0.25, 0.3) is 0 Å². The number of rotatable bonds is 8. The second kappa shape index (κ2) is 9.14. The molecule has 25 heavy (non-hydrogen) atoms. The Morgan fingerprint density at radius 1 is 1.40 bits per heavy atom. The molecule has 1 aliphatic carbocycles. The van der Waals surface area contributed by atoms with Crippen LogP contribution < -0.4 is 9.62 Å². The van der Waals surface area contributed by atoms with Gasteiger partial charge in [-0.1, -0.05) is 30.5 Å². The Bertz CT molecular complexity index is 691. The largest absolute Gasteiger partial charge is 0.353 e. The van der Waals surface area contributed by atoms with Crippen LogP contribution in [0.2, 0.25) is 5.02 Å². The molecule has 2 rings (SSSR count). The monoisotopic (exact) mass is 404 g/mol. The summed E-state index contributed by atoms with van der Waals surface area (Å²) in [5.41, 5.74) is 0.387. The first kappa shape index (κ1) is 20.4. The number of benzene rings is 1. The van der Waals surface area contributed by atoms with E-state index >= 15 is 0 Å². The van der Waals surface area contributed by atoms with E-state index in [0.29, 0.717) is 22.5 Å². The van der Waals surface area contributed by atoms with E-state index in [-0.39, 0.29) is 5.91 Å². The summed E-state index contributed by atoms with van der Waals surface area (Å²) in [7, 11) is -3.61. The van der Waals surface area contributed by atoms with E-state index in [0.717, 1.165) is 16.3 Å². The fourth-order valence-electron chi connectivity index (χ4n) is 3.02. The molecule has 1 aliphatic rings. The van der Waals surface area contributed by atoms with Gasteiger partial charge in [0.1, 0.15) is 6.04 Å². The van der Waals surface area contributed by atoms with Crippen LogP contribution in [0.15, 0.2) is 24.3 Å². The average Bonchev–Trinajstić information content (AvgIpc) is 3.03. The van der Waals surface area contributed by atoms with E-state index in [2.05, 4.69) is 5.32 Å². The number of sulfonamides is 1. The standard InChI is InChI=1S/C17H25ClN2O3S2/c1-13(17(21)19-10-11-24-16-8-3-4-9-16)20(25(2,22)23)15-7-5-6-14(18)12-15/h5-7,12-13,16H,3-4,8-11H2,1-2H3,(H,19,21). The van der Waals surface area contributed by atoms with E-state index in [1.807, 2.05) is 11.8 Å². The minimum atomic E-state index is -3.61. The molecule has 0 aliphatic heterocycles. The van der Waals surface area contributed by atoms with Crippen LogP contribution in [0.5, 0.6) is 0 Å². The van der Waals surface area contributed by atoms with Gasteiger partial charge in [-0.05, 0) is 38.0 Å². The van der Waals surface area contributed by atoms with Crippen molar-refractivity contribution >= 4 is 45.0 Å². The van der Waals surface area contributed by atoms with Gasteiger partial charge in [-0.2, -0.15) is 11.8 Å². The third kappa shape index (κ3) is 6.08. The van der Waals surface area contributed by atoms with Crippen LogP contribution in [0.4, 0.5) is 5.69 Å². The van der Waals surface area contributed by atoms with Crippen LogP contribution in [0.1, 0.15) is 32.6 Å². The minimum absolute atomic E-state index is 0.308. The van der Waals surface area contributed by atoms with Crippen LogP contribution in [0, 0.1) is 0 Å². The Labute approximate surface area is 159 Å². The second-order valence-electron chi connectivity index (χ2n) is 6.28. The molecule has 0 aromatic heterocycles. The molecule has 1 aromatic carbocycles. The quantitative estimate of drug-likeness (QED) is 0.675. The van der Waals surface area contributed by atoms with Crippen molar-refractivity contribution in [2.24, 2.45) is 0 Å². The smallest absolute Gasteiger partial charge is 0.243 e. The number of anilines is 1. The highest BCUT2D eigenvalue weighted by molar-refractivity contribution is 7.99. The van der Waals surface area contributed by atoms with Crippen molar-refractivity contribution in [3.05, 3.63) is 29.3 Å². The second-order valence-corrected chi connectivity index (χ2v) is 9.99. The maximum atomic E-state index is 12.4. The summed E-state index contributed by atoms with van der Waals surface area (Å²) in [5.74, 6) is 0.538. The highest BCUT2D eigenvalue weighted by atomic mass is 35.5. The molecule has 0 saturated heterocycles. The first-order valence-electron chi connectivity index (χ1n) is 8.43. The van der Waals surface area contributed by atoms with Crippen molar-refractivity contribution in [3.63, 3.8) is 0 Å². The van der Waals surface area contributed by atoms with Crippen LogP contribution in [0.3, 0.4) is 0 Å². The molecule has 1 N–H and O–H groups in total. The fourth-order valence-corrected chi connectivity index (χ4v) is 5.60. The predicted octanol–water partition coefficient (Wildman–Crippen LogP) is 3.29. The Balaban J connectivity index is 1.96. The molecule has 8 heteroatoms. The number of thioether (sulfide) groups is 1. The zero-order valence-corrected chi connectivity index (χ0v) is 17.0. The minimum Gasteiger partial charge on any atom is -0.353 e. The Morgan fingerprint density at radius 2 is 2.08 bits per heavy atom. The van der Waals surface area contributed by atoms with Crippen molar-refractivity contribution in [2.75, 3.05) is 22.9 Å². The molecule has 0 radical (unpaired) electrons. The number of hydrogen-bond donors (Lipinski definition) is 1. The number of carbonyl (C=O) groups is 1. The molecule has 0 bridgehead atoms. The summed E-state index contributed by atoms with van der Waals surface area (Å²) in [5, 5.41) is 3.97. The summed E-state index contributed by atoms with van der Waals surface area (Å²) in [6.45, 7) is 2.12. The molecule has 5 nitrogen and oxygen atoms in total. The zero-order valence-electron chi connectivity index (χ0n) is 14.6. The molecular weight excluding hydrogens is 380 g/mol. The van der Waals surface area contributed by atoms with E-state index in [4.69, 9.17) is 11.6 Å². The van der Waals surface area contributed by atoms with Gasteiger partial charge in [0.25, 0.3) is 0 Å². The first-order valence-corrected chi connectivity index (χ1v) is 11.7. The lowest BCUT2D eigenvalue weighted by atomic mass is 10.2. The van der Waals surface area contributed by atoms with Gasteiger partial charge >= 0.3 is 0 Å². The SMILES string of the molecule is CC(C(=O)NCCSC1CCCC1)N(c1cccc(Cl)c1)S(C)(=O)=O. The van der Waals surface area contributed by atoms with Gasteiger partial charge in [-0.3, -0.25) is 9.10 Å². The van der Waals surface area contributed by atoms with E-state index < -0.39 is 16.1 Å². The summed E-state index contributed by atoms with van der Waals surface area (Å²) in [6.07, 6.45) is 6.19. The number of amides is 1. The van der Waals surface area contributed by atoms with Gasteiger partial charge in [0, 0.05) is 22.6 Å². The maximum absolute atomic E-state index is 12.4. The molecule has 1 saturated carbocycles. The van der Waals surface area contributed by atoms with E-state index in [9.17, 15) is 13.2 Å². The third-order valence-electron chi connectivity index (χ3n) is 4.21. The number of hydrogen-bond acceptors (Lipinski definition) is 4. The van der Waals surface area contributed by atoms with Gasteiger partial charge in [0.15, 0.2) is 0 Å². The number of carbonyl (C=O) groups excluding carboxylic acids is 1. The molecule has 0 spiro atoms. The molecule has 1 unspecified atom stereocenters.